The molecule has 3 amide bonds. The molecule has 1 N–H and O–H groups in total. The Morgan fingerprint density at radius 1 is 0.943 bits per heavy atom. The molecule has 1 aliphatic heterocycles. The molecule has 1 heterocycles. The predicted molar refractivity (Wildman–Crippen MR) is 138 cm³/mol. The van der Waals surface area contributed by atoms with Gasteiger partial charge in [-0.2, -0.15) is 0 Å². The highest BCUT2D eigenvalue weighted by molar-refractivity contribution is 5.94. The van der Waals surface area contributed by atoms with E-state index in [4.69, 9.17) is 9.47 Å². The van der Waals surface area contributed by atoms with Crippen LogP contribution < -0.4 is 14.8 Å². The number of hydrogen-bond donors (Lipinski definition) is 1. The van der Waals surface area contributed by atoms with Crippen molar-refractivity contribution in [2.24, 2.45) is 5.92 Å². The van der Waals surface area contributed by atoms with Crippen LogP contribution in [0.3, 0.4) is 0 Å². The van der Waals surface area contributed by atoms with Gasteiger partial charge in [-0.05, 0) is 46.5 Å². The lowest BCUT2D eigenvalue weighted by Crippen LogP contribution is -2.59. The summed E-state index contributed by atoms with van der Waals surface area (Å²) < 4.78 is 10.7. The zero-order chi connectivity index (χ0) is 24.9. The van der Waals surface area contributed by atoms with Crippen molar-refractivity contribution in [3.8, 4) is 11.5 Å². The highest BCUT2D eigenvalue weighted by Gasteiger charge is 2.34. The molecule has 35 heavy (non-hydrogen) atoms. The van der Waals surface area contributed by atoms with Gasteiger partial charge >= 0.3 is 6.03 Å². The summed E-state index contributed by atoms with van der Waals surface area (Å²) in [7, 11) is 3.17. The molecule has 1 unspecified atom stereocenters. The summed E-state index contributed by atoms with van der Waals surface area (Å²) in [5.74, 6) is 1.48. The van der Waals surface area contributed by atoms with E-state index >= 15 is 0 Å². The Morgan fingerprint density at radius 3 is 2.40 bits per heavy atom. The average molecular weight is 476 g/mol. The normalized spacial score (nSPS) is 15.9. The maximum absolute atomic E-state index is 13.2. The summed E-state index contributed by atoms with van der Waals surface area (Å²) in [5, 5.41) is 5.27. The van der Waals surface area contributed by atoms with Crippen molar-refractivity contribution < 1.29 is 19.1 Å². The Labute approximate surface area is 206 Å². The topological polar surface area (TPSA) is 71.1 Å². The molecule has 1 fully saturated rings. The van der Waals surface area contributed by atoms with Crippen LogP contribution in [0.4, 0.5) is 10.5 Å². The highest BCUT2D eigenvalue weighted by Crippen LogP contribution is 2.28. The van der Waals surface area contributed by atoms with Crippen molar-refractivity contribution >= 4 is 28.4 Å². The van der Waals surface area contributed by atoms with E-state index in [1.54, 1.807) is 14.2 Å². The van der Waals surface area contributed by atoms with E-state index in [9.17, 15) is 9.59 Å². The van der Waals surface area contributed by atoms with E-state index in [0.29, 0.717) is 31.1 Å². The Kier molecular flexibility index (Phi) is 7.44. The molecule has 0 spiro atoms. The van der Waals surface area contributed by atoms with Gasteiger partial charge in [0, 0.05) is 25.3 Å². The van der Waals surface area contributed by atoms with E-state index in [1.807, 2.05) is 70.5 Å². The van der Waals surface area contributed by atoms with Crippen LogP contribution in [0, 0.1) is 5.92 Å². The summed E-state index contributed by atoms with van der Waals surface area (Å²) in [6, 6.07) is 19.3. The van der Waals surface area contributed by atoms with Crippen LogP contribution in [0.5, 0.6) is 11.5 Å². The van der Waals surface area contributed by atoms with E-state index in [1.165, 1.54) is 0 Å². The molecule has 7 nitrogen and oxygen atoms in total. The Balaban J connectivity index is 1.42. The van der Waals surface area contributed by atoms with Gasteiger partial charge in [-0.15, -0.1) is 0 Å². The fourth-order valence-electron chi connectivity index (χ4n) is 4.60. The summed E-state index contributed by atoms with van der Waals surface area (Å²) in [5.41, 5.74) is 1.63. The molecule has 0 bridgehead atoms. The third-order valence-corrected chi connectivity index (χ3v) is 6.61. The molecule has 184 valence electrons. The largest absolute Gasteiger partial charge is 0.493 e. The van der Waals surface area contributed by atoms with E-state index in [0.717, 1.165) is 22.0 Å². The number of benzene rings is 3. The molecular weight excluding hydrogens is 442 g/mol. The molecule has 1 saturated heterocycles. The van der Waals surface area contributed by atoms with Crippen LogP contribution in [0.25, 0.3) is 10.8 Å². The predicted octanol–water partition coefficient (Wildman–Crippen LogP) is 4.80. The lowest BCUT2D eigenvalue weighted by atomic mass is 9.99. The second-order valence-electron chi connectivity index (χ2n) is 9.20. The first-order valence-electron chi connectivity index (χ1n) is 11.9. The number of urea groups is 1. The van der Waals surface area contributed by atoms with Crippen molar-refractivity contribution in [3.05, 3.63) is 66.2 Å². The van der Waals surface area contributed by atoms with Crippen LogP contribution >= 0.6 is 0 Å². The number of methoxy groups -OCH3 is 2. The number of nitrogens with zero attached hydrogens (tertiary/aromatic N) is 2. The molecule has 0 aromatic heterocycles. The molecule has 4 rings (SSSR count). The second kappa shape index (κ2) is 10.7. The lowest BCUT2D eigenvalue weighted by Gasteiger charge is -2.43. The first kappa shape index (κ1) is 24.4. The number of anilines is 1. The Bertz CT molecular complexity index is 1210. The van der Waals surface area contributed by atoms with Gasteiger partial charge in [0.15, 0.2) is 11.5 Å². The molecular formula is C28H33N3O4. The van der Waals surface area contributed by atoms with Gasteiger partial charge in [-0.1, -0.05) is 50.2 Å². The van der Waals surface area contributed by atoms with Crippen LogP contribution in [-0.4, -0.2) is 61.6 Å². The minimum absolute atomic E-state index is 0.0393. The number of fused-ring (bicyclic) bond motifs is 1. The van der Waals surface area contributed by atoms with Gasteiger partial charge in [-0.3, -0.25) is 4.79 Å². The number of hydrogen-bond acceptors (Lipinski definition) is 4. The molecule has 1 aliphatic rings. The molecule has 0 aliphatic carbocycles. The first-order valence-corrected chi connectivity index (χ1v) is 11.9. The zero-order valence-electron chi connectivity index (χ0n) is 20.8. The number of carbonyl (C=O) groups excluding carboxylic acids is 2. The summed E-state index contributed by atoms with van der Waals surface area (Å²) in [6.07, 6.45) is 0.272. The van der Waals surface area contributed by atoms with Gasteiger partial charge < -0.3 is 24.6 Å². The Hall–Kier alpha value is -3.74. The third-order valence-electron chi connectivity index (χ3n) is 6.61. The van der Waals surface area contributed by atoms with Gasteiger partial charge in [0.05, 0.1) is 26.7 Å². The monoisotopic (exact) mass is 475 g/mol. The number of carbonyl (C=O) groups is 2. The van der Waals surface area contributed by atoms with Crippen molar-refractivity contribution in [2.45, 2.75) is 26.3 Å². The van der Waals surface area contributed by atoms with Crippen LogP contribution in [-0.2, 0) is 11.2 Å². The Morgan fingerprint density at radius 2 is 1.69 bits per heavy atom. The molecule has 7 heteroatoms. The molecule has 0 radical (unpaired) electrons. The summed E-state index contributed by atoms with van der Waals surface area (Å²) in [6.45, 7) is 5.67. The minimum Gasteiger partial charge on any atom is -0.493 e. The van der Waals surface area contributed by atoms with E-state index in [2.05, 4.69) is 19.2 Å². The van der Waals surface area contributed by atoms with Crippen LogP contribution in [0.2, 0.25) is 0 Å². The van der Waals surface area contributed by atoms with Gasteiger partial charge in [0.1, 0.15) is 0 Å². The third kappa shape index (κ3) is 5.50. The number of ether oxygens (including phenoxy) is 2. The molecule has 0 saturated carbocycles. The fourth-order valence-corrected chi connectivity index (χ4v) is 4.60. The van der Waals surface area contributed by atoms with Crippen LogP contribution in [0.15, 0.2) is 60.7 Å². The van der Waals surface area contributed by atoms with Crippen molar-refractivity contribution in [1.82, 2.24) is 9.80 Å². The minimum atomic E-state index is -0.133. The standard InChI is InChI=1S/C28H33N3O4/c1-19(2)24-18-30(27(32)16-20-9-12-25(34-3)26(15-20)35-4)13-14-31(24)28(33)29-23-11-10-21-7-5-6-8-22(21)17-23/h5-12,15,17,19,24H,13-14,16,18H2,1-4H3,(H,29,33). The highest BCUT2D eigenvalue weighted by atomic mass is 16.5. The SMILES string of the molecule is COc1ccc(CC(=O)N2CCN(C(=O)Nc3ccc4ccccc4c3)C(C(C)C)C2)cc1OC. The van der Waals surface area contributed by atoms with E-state index < -0.39 is 0 Å². The van der Waals surface area contributed by atoms with Gasteiger partial charge in [-0.25, -0.2) is 4.79 Å². The van der Waals surface area contributed by atoms with Crippen molar-refractivity contribution in [2.75, 3.05) is 39.2 Å². The van der Waals surface area contributed by atoms with Crippen molar-refractivity contribution in [3.63, 3.8) is 0 Å². The first-order chi connectivity index (χ1) is 16.9. The van der Waals surface area contributed by atoms with Crippen LogP contribution in [0.1, 0.15) is 19.4 Å². The number of amides is 3. The maximum Gasteiger partial charge on any atom is 0.322 e. The zero-order valence-corrected chi connectivity index (χ0v) is 20.8. The van der Waals surface area contributed by atoms with Gasteiger partial charge in [0.2, 0.25) is 5.91 Å². The summed E-state index contributed by atoms with van der Waals surface area (Å²) >= 11 is 0. The lowest BCUT2D eigenvalue weighted by molar-refractivity contribution is -0.133. The number of piperazine rings is 1. The quantitative estimate of drug-likeness (QED) is 0.556. The number of nitrogens with one attached hydrogen (secondary N) is 1. The second-order valence-corrected chi connectivity index (χ2v) is 9.20. The smallest absolute Gasteiger partial charge is 0.322 e. The van der Waals surface area contributed by atoms with Crippen molar-refractivity contribution in [1.29, 1.82) is 0 Å². The van der Waals surface area contributed by atoms with Gasteiger partial charge in [0.25, 0.3) is 0 Å². The summed E-state index contributed by atoms with van der Waals surface area (Å²) in [4.78, 5) is 30.0. The average Bonchev–Trinajstić information content (AvgIpc) is 2.88. The fraction of sp³-hybridized carbons (Fsp3) is 0.357. The number of rotatable bonds is 6. The molecule has 1 atom stereocenters. The molecule has 3 aromatic carbocycles. The van der Waals surface area contributed by atoms with E-state index in [-0.39, 0.29) is 30.3 Å². The maximum atomic E-state index is 13.2. The molecule has 3 aromatic rings.